The molecule has 0 radical (unpaired) electrons. The van der Waals surface area contributed by atoms with Crippen LogP contribution < -0.4 is 10.9 Å². The molecule has 0 saturated carbocycles. The highest BCUT2D eigenvalue weighted by Crippen LogP contribution is 2.17. The van der Waals surface area contributed by atoms with E-state index >= 15 is 0 Å². The van der Waals surface area contributed by atoms with E-state index in [1.54, 1.807) is 6.07 Å². The molecule has 1 atom stereocenters. The van der Waals surface area contributed by atoms with E-state index in [9.17, 15) is 4.79 Å². The fourth-order valence-corrected chi connectivity index (χ4v) is 1.84. The van der Waals surface area contributed by atoms with Crippen LogP contribution >= 0.6 is 0 Å². The molecule has 88 valence electrons. The van der Waals surface area contributed by atoms with Gasteiger partial charge in [0.2, 0.25) is 5.56 Å². The van der Waals surface area contributed by atoms with E-state index in [0.29, 0.717) is 0 Å². The second-order valence-electron chi connectivity index (χ2n) is 4.19. The Morgan fingerprint density at radius 2 is 1.88 bits per heavy atom. The van der Waals surface area contributed by atoms with Crippen LogP contribution in [0.5, 0.6) is 0 Å². The van der Waals surface area contributed by atoms with Crippen molar-refractivity contribution in [3.8, 4) is 0 Å². The summed E-state index contributed by atoms with van der Waals surface area (Å²) in [6.45, 7) is 3.95. The van der Waals surface area contributed by atoms with Crippen LogP contribution in [-0.4, -0.2) is 4.98 Å². The van der Waals surface area contributed by atoms with Gasteiger partial charge < -0.3 is 10.3 Å². The molecule has 1 aromatic carbocycles. The molecule has 2 N–H and O–H groups in total. The number of aromatic nitrogens is 1. The lowest BCUT2D eigenvalue weighted by Gasteiger charge is -2.15. The molecule has 1 heterocycles. The van der Waals surface area contributed by atoms with E-state index < -0.39 is 0 Å². The number of hydrogen-bond donors (Lipinski definition) is 2. The third-order valence-corrected chi connectivity index (χ3v) is 2.66. The summed E-state index contributed by atoms with van der Waals surface area (Å²) < 4.78 is 0. The third-order valence-electron chi connectivity index (χ3n) is 2.66. The van der Waals surface area contributed by atoms with Crippen molar-refractivity contribution in [2.24, 2.45) is 0 Å². The number of nitrogens with one attached hydrogen (secondary N) is 2. The Kier molecular flexibility index (Phi) is 3.28. The van der Waals surface area contributed by atoms with Gasteiger partial charge in [0, 0.05) is 23.5 Å². The number of hydrogen-bond acceptors (Lipinski definition) is 2. The summed E-state index contributed by atoms with van der Waals surface area (Å²) in [4.78, 5) is 14.1. The van der Waals surface area contributed by atoms with E-state index in [2.05, 4.69) is 29.4 Å². The maximum Gasteiger partial charge on any atom is 0.250 e. The van der Waals surface area contributed by atoms with Crippen molar-refractivity contribution >= 4 is 5.69 Å². The van der Waals surface area contributed by atoms with Crippen LogP contribution in [0.4, 0.5) is 5.69 Å². The lowest BCUT2D eigenvalue weighted by atomic mass is 10.1. The maximum absolute atomic E-state index is 11.3. The van der Waals surface area contributed by atoms with Gasteiger partial charge in [-0.2, -0.15) is 0 Å². The summed E-state index contributed by atoms with van der Waals surface area (Å²) in [5, 5.41) is 3.32. The van der Waals surface area contributed by atoms with Gasteiger partial charge in [-0.15, -0.1) is 0 Å². The molecule has 0 saturated heterocycles. The van der Waals surface area contributed by atoms with Crippen LogP contribution in [0.15, 0.2) is 47.3 Å². The molecule has 2 aromatic rings. The summed E-state index contributed by atoms with van der Waals surface area (Å²) in [5.74, 6) is 0. The van der Waals surface area contributed by atoms with Crippen molar-refractivity contribution in [3.05, 3.63) is 64.1 Å². The van der Waals surface area contributed by atoms with Crippen LogP contribution in [-0.2, 0) is 0 Å². The van der Waals surface area contributed by atoms with Crippen molar-refractivity contribution < 1.29 is 0 Å². The Morgan fingerprint density at radius 3 is 2.53 bits per heavy atom. The first-order chi connectivity index (χ1) is 8.15. The highest BCUT2D eigenvalue weighted by Gasteiger charge is 2.04. The molecule has 0 fully saturated rings. The van der Waals surface area contributed by atoms with Gasteiger partial charge in [0.25, 0.3) is 0 Å². The van der Waals surface area contributed by atoms with E-state index in [1.165, 1.54) is 5.56 Å². The maximum atomic E-state index is 11.3. The fourth-order valence-electron chi connectivity index (χ4n) is 1.84. The van der Waals surface area contributed by atoms with Crippen molar-refractivity contribution in [1.82, 2.24) is 4.98 Å². The Balaban J connectivity index is 2.18. The summed E-state index contributed by atoms with van der Waals surface area (Å²) in [6, 6.07) is 13.8. The van der Waals surface area contributed by atoms with Crippen molar-refractivity contribution in [3.63, 3.8) is 0 Å². The second kappa shape index (κ2) is 4.87. The van der Waals surface area contributed by atoms with Gasteiger partial charge in [0.05, 0.1) is 0 Å². The fraction of sp³-hybridized carbons (Fsp3) is 0.214. The monoisotopic (exact) mass is 228 g/mol. The molecular formula is C14H16N2O. The SMILES string of the molecule is Cc1cc(NC(C)c2ccccc2)cc(=O)[nH]1. The Labute approximate surface area is 101 Å². The smallest absolute Gasteiger partial charge is 0.250 e. The molecule has 0 spiro atoms. The Hall–Kier alpha value is -2.03. The predicted octanol–water partition coefficient (Wildman–Crippen LogP) is 2.86. The molecule has 0 aliphatic heterocycles. The largest absolute Gasteiger partial charge is 0.378 e. The van der Waals surface area contributed by atoms with Crippen LogP contribution in [0.1, 0.15) is 24.2 Å². The summed E-state index contributed by atoms with van der Waals surface area (Å²) in [7, 11) is 0. The minimum absolute atomic E-state index is 0.0761. The van der Waals surface area contributed by atoms with Gasteiger partial charge in [0.1, 0.15) is 0 Å². The molecule has 0 bridgehead atoms. The number of H-pyrrole nitrogens is 1. The summed E-state index contributed by atoms with van der Waals surface area (Å²) in [5.41, 5.74) is 2.83. The predicted molar refractivity (Wildman–Crippen MR) is 70.3 cm³/mol. The molecule has 3 nitrogen and oxygen atoms in total. The minimum atomic E-state index is -0.0761. The number of anilines is 1. The minimum Gasteiger partial charge on any atom is -0.378 e. The van der Waals surface area contributed by atoms with Crippen LogP contribution in [0.2, 0.25) is 0 Å². The van der Waals surface area contributed by atoms with Crippen LogP contribution in [0.25, 0.3) is 0 Å². The highest BCUT2D eigenvalue weighted by molar-refractivity contribution is 5.45. The molecule has 1 unspecified atom stereocenters. The molecule has 3 heteroatoms. The second-order valence-corrected chi connectivity index (χ2v) is 4.19. The van der Waals surface area contributed by atoms with Gasteiger partial charge in [-0.1, -0.05) is 30.3 Å². The van der Waals surface area contributed by atoms with Crippen LogP contribution in [0, 0.1) is 6.92 Å². The first kappa shape index (κ1) is 11.5. The van der Waals surface area contributed by atoms with Crippen LogP contribution in [0.3, 0.4) is 0 Å². The third kappa shape index (κ3) is 2.97. The van der Waals surface area contributed by atoms with Gasteiger partial charge in [-0.25, -0.2) is 0 Å². The molecule has 0 aliphatic rings. The van der Waals surface area contributed by atoms with Gasteiger partial charge in [-0.3, -0.25) is 4.79 Å². The molecular weight excluding hydrogens is 212 g/mol. The molecule has 17 heavy (non-hydrogen) atoms. The zero-order valence-electron chi connectivity index (χ0n) is 10.0. The lowest BCUT2D eigenvalue weighted by Crippen LogP contribution is -2.11. The quantitative estimate of drug-likeness (QED) is 0.848. The Morgan fingerprint density at radius 1 is 1.18 bits per heavy atom. The molecule has 1 aromatic heterocycles. The number of pyridine rings is 1. The standard InChI is InChI=1S/C14H16N2O/c1-10-8-13(9-14(17)15-10)16-11(2)12-6-4-3-5-7-12/h3-9,11H,1-2H3,(H2,15,16,17). The molecule has 0 aliphatic carbocycles. The number of rotatable bonds is 3. The van der Waals surface area contributed by atoms with Gasteiger partial charge in [-0.05, 0) is 25.5 Å². The summed E-state index contributed by atoms with van der Waals surface area (Å²) in [6.07, 6.45) is 0. The average Bonchev–Trinajstić information content (AvgIpc) is 2.28. The van der Waals surface area contributed by atoms with E-state index in [0.717, 1.165) is 11.4 Å². The van der Waals surface area contributed by atoms with Crippen molar-refractivity contribution in [1.29, 1.82) is 0 Å². The Bertz CT molecular complexity index is 546. The van der Waals surface area contributed by atoms with Crippen molar-refractivity contribution in [2.75, 3.05) is 5.32 Å². The zero-order chi connectivity index (χ0) is 12.3. The molecule has 0 amide bonds. The topological polar surface area (TPSA) is 44.9 Å². The van der Waals surface area contributed by atoms with Gasteiger partial charge in [0.15, 0.2) is 0 Å². The van der Waals surface area contributed by atoms with E-state index in [4.69, 9.17) is 0 Å². The number of benzene rings is 1. The first-order valence-electron chi connectivity index (χ1n) is 5.67. The summed E-state index contributed by atoms with van der Waals surface area (Å²) >= 11 is 0. The van der Waals surface area contributed by atoms with Crippen molar-refractivity contribution in [2.45, 2.75) is 19.9 Å². The molecule has 2 rings (SSSR count). The lowest BCUT2D eigenvalue weighted by molar-refractivity contribution is 0.882. The highest BCUT2D eigenvalue weighted by atomic mass is 16.1. The zero-order valence-corrected chi connectivity index (χ0v) is 10.0. The van der Waals surface area contributed by atoms with Gasteiger partial charge >= 0.3 is 0 Å². The van der Waals surface area contributed by atoms with E-state index in [-0.39, 0.29) is 11.6 Å². The normalized spacial score (nSPS) is 12.1. The number of aryl methyl sites for hydroxylation is 1. The average molecular weight is 228 g/mol. The number of aromatic amines is 1. The van der Waals surface area contributed by atoms with E-state index in [1.807, 2.05) is 31.2 Å². The first-order valence-corrected chi connectivity index (χ1v) is 5.67.